The summed E-state index contributed by atoms with van der Waals surface area (Å²) in [6.07, 6.45) is 1.08. The van der Waals surface area contributed by atoms with Crippen LogP contribution in [-0.2, 0) is 9.36 Å². The molecule has 2 aromatic carbocycles. The summed E-state index contributed by atoms with van der Waals surface area (Å²) in [7, 11) is -3.80. The van der Waals surface area contributed by atoms with E-state index in [1.54, 1.807) is 54.6 Å². The quantitative estimate of drug-likeness (QED) is 0.593. The summed E-state index contributed by atoms with van der Waals surface area (Å²) in [5, 5.41) is 9.46. The first-order valence-corrected chi connectivity index (χ1v) is 9.14. The van der Waals surface area contributed by atoms with Crippen molar-refractivity contribution in [1.29, 1.82) is 0 Å². The average Bonchev–Trinajstić information content (AvgIpc) is 2.55. The first-order valence-electron chi connectivity index (χ1n) is 7.22. The molecule has 3 unspecified atom stereocenters. The van der Waals surface area contributed by atoms with E-state index in [-0.39, 0.29) is 6.16 Å². The minimum Gasteiger partial charge on any atom is -0.481 e. The van der Waals surface area contributed by atoms with E-state index >= 15 is 0 Å². The van der Waals surface area contributed by atoms with Gasteiger partial charge in [0, 0.05) is 6.16 Å². The zero-order chi connectivity index (χ0) is 16.9. The molecule has 4 nitrogen and oxygen atoms in total. The molecule has 0 aromatic heterocycles. The zero-order valence-electron chi connectivity index (χ0n) is 12.6. The lowest BCUT2D eigenvalue weighted by Crippen LogP contribution is -2.17. The van der Waals surface area contributed by atoms with Crippen molar-refractivity contribution < 1.29 is 19.4 Å². The molecule has 0 bridgehead atoms. The minimum atomic E-state index is -3.80. The Hall–Kier alpha value is -2.16. The van der Waals surface area contributed by atoms with Crippen LogP contribution >= 0.6 is 7.37 Å². The highest BCUT2D eigenvalue weighted by Crippen LogP contribution is 2.58. The molecule has 0 amide bonds. The molecule has 0 aliphatic rings. The van der Waals surface area contributed by atoms with Crippen molar-refractivity contribution in [1.82, 2.24) is 0 Å². The van der Waals surface area contributed by atoms with Gasteiger partial charge in [0.2, 0.25) is 7.37 Å². The number of aliphatic carboxylic acids is 1. The van der Waals surface area contributed by atoms with Crippen LogP contribution < -0.4 is 0 Å². The van der Waals surface area contributed by atoms with Crippen LogP contribution in [0.25, 0.3) is 0 Å². The molecule has 0 aliphatic heterocycles. The van der Waals surface area contributed by atoms with Gasteiger partial charge in [-0.25, -0.2) is 0 Å². The Morgan fingerprint density at radius 1 is 1.04 bits per heavy atom. The summed E-state index contributed by atoms with van der Waals surface area (Å²) in [6, 6.07) is 17.4. The van der Waals surface area contributed by atoms with E-state index in [9.17, 15) is 19.4 Å². The number of carbonyl (C=O) groups is 1. The lowest BCUT2D eigenvalue weighted by molar-refractivity contribution is -0.138. The molecule has 2 aromatic rings. The van der Waals surface area contributed by atoms with Gasteiger partial charge in [0.25, 0.3) is 0 Å². The van der Waals surface area contributed by atoms with Crippen molar-refractivity contribution in [3.8, 4) is 0 Å². The van der Waals surface area contributed by atoms with Crippen LogP contribution in [0.3, 0.4) is 0 Å². The van der Waals surface area contributed by atoms with Crippen LogP contribution in [0.1, 0.15) is 22.7 Å². The van der Waals surface area contributed by atoms with E-state index in [0.29, 0.717) is 11.1 Å². The average molecular weight is 330 g/mol. The summed E-state index contributed by atoms with van der Waals surface area (Å²) >= 11 is 0. The molecule has 0 aliphatic carbocycles. The number of carboxylic acids is 1. The van der Waals surface area contributed by atoms with Gasteiger partial charge in [0.05, 0.1) is 11.6 Å². The Labute approximate surface area is 135 Å². The second-order valence-corrected chi connectivity index (χ2v) is 7.76. The van der Waals surface area contributed by atoms with Gasteiger partial charge in [0.15, 0.2) is 0 Å². The number of rotatable bonds is 7. The maximum absolute atomic E-state index is 12.9. The summed E-state index contributed by atoms with van der Waals surface area (Å²) < 4.78 is 12.9. The van der Waals surface area contributed by atoms with Crippen molar-refractivity contribution in [2.24, 2.45) is 0 Å². The summed E-state index contributed by atoms with van der Waals surface area (Å²) in [5.41, 5.74) is 0.393. The number of carboxylic acid groups (broad SMARTS) is 1. The van der Waals surface area contributed by atoms with Gasteiger partial charge in [-0.05, 0) is 11.1 Å². The molecule has 3 atom stereocenters. The largest absolute Gasteiger partial charge is 0.481 e. The third-order valence-corrected chi connectivity index (χ3v) is 6.01. The monoisotopic (exact) mass is 330 g/mol. The normalized spacial score (nSPS) is 16.0. The van der Waals surface area contributed by atoms with Crippen LogP contribution in [0.4, 0.5) is 0 Å². The smallest absolute Gasteiger partial charge is 0.311 e. The Kier molecular flexibility index (Phi) is 5.54. The highest BCUT2D eigenvalue weighted by Gasteiger charge is 2.36. The molecule has 0 saturated heterocycles. The Morgan fingerprint density at radius 3 is 1.96 bits per heavy atom. The summed E-state index contributed by atoms with van der Waals surface area (Å²) in [5.74, 6) is -2.14. The van der Waals surface area contributed by atoms with E-state index in [0.717, 1.165) is 0 Å². The SMILES string of the molecule is C=CC(c1ccccc1)P(=O)(O)CC(C(=O)O)c1ccccc1. The Morgan fingerprint density at radius 2 is 1.52 bits per heavy atom. The van der Waals surface area contributed by atoms with Crippen molar-refractivity contribution in [2.45, 2.75) is 11.6 Å². The van der Waals surface area contributed by atoms with Crippen LogP contribution in [-0.4, -0.2) is 22.1 Å². The van der Waals surface area contributed by atoms with E-state index < -0.39 is 24.9 Å². The van der Waals surface area contributed by atoms with E-state index in [1.807, 2.05) is 6.07 Å². The Balaban J connectivity index is 2.32. The van der Waals surface area contributed by atoms with E-state index in [1.165, 1.54) is 6.08 Å². The predicted molar refractivity (Wildman–Crippen MR) is 90.9 cm³/mol. The molecule has 0 spiro atoms. The lowest BCUT2D eigenvalue weighted by Gasteiger charge is -2.23. The first kappa shape index (κ1) is 17.2. The second kappa shape index (κ2) is 7.40. The number of benzene rings is 2. The maximum atomic E-state index is 12.9. The topological polar surface area (TPSA) is 74.6 Å². The molecule has 2 rings (SSSR count). The highest BCUT2D eigenvalue weighted by atomic mass is 31.2. The standard InChI is InChI=1S/C18H19O4P/c1-2-17(15-11-7-4-8-12-15)23(21,22)13-16(18(19)20)14-9-5-3-6-10-14/h2-12,16-17H,1,13H2,(H,19,20)(H,21,22). The third kappa shape index (κ3) is 4.19. The molecular weight excluding hydrogens is 311 g/mol. The zero-order valence-corrected chi connectivity index (χ0v) is 13.5. The van der Waals surface area contributed by atoms with Gasteiger partial charge in [-0.1, -0.05) is 66.7 Å². The van der Waals surface area contributed by atoms with Crippen molar-refractivity contribution in [2.75, 3.05) is 6.16 Å². The number of hydrogen-bond acceptors (Lipinski definition) is 2. The highest BCUT2D eigenvalue weighted by molar-refractivity contribution is 7.58. The third-order valence-electron chi connectivity index (χ3n) is 3.74. The van der Waals surface area contributed by atoms with Crippen LogP contribution in [0, 0.1) is 0 Å². The van der Waals surface area contributed by atoms with E-state index in [2.05, 4.69) is 6.58 Å². The minimum absolute atomic E-state index is 0.335. The molecule has 0 radical (unpaired) electrons. The van der Waals surface area contributed by atoms with Gasteiger partial charge in [-0.3, -0.25) is 9.36 Å². The van der Waals surface area contributed by atoms with Gasteiger partial charge in [-0.15, -0.1) is 6.58 Å². The van der Waals surface area contributed by atoms with Crippen LogP contribution in [0.2, 0.25) is 0 Å². The van der Waals surface area contributed by atoms with Gasteiger partial charge < -0.3 is 10.00 Å². The van der Waals surface area contributed by atoms with Crippen LogP contribution in [0.15, 0.2) is 73.3 Å². The van der Waals surface area contributed by atoms with Crippen LogP contribution in [0.5, 0.6) is 0 Å². The fourth-order valence-electron chi connectivity index (χ4n) is 2.57. The fraction of sp³-hybridized carbons (Fsp3) is 0.167. The van der Waals surface area contributed by atoms with Gasteiger partial charge in [-0.2, -0.15) is 0 Å². The van der Waals surface area contributed by atoms with Crippen molar-refractivity contribution >= 4 is 13.3 Å². The van der Waals surface area contributed by atoms with Gasteiger partial charge in [0.1, 0.15) is 0 Å². The molecule has 5 heteroatoms. The van der Waals surface area contributed by atoms with Crippen molar-refractivity contribution in [3.05, 3.63) is 84.4 Å². The number of hydrogen-bond donors (Lipinski definition) is 2. The second-order valence-electron chi connectivity index (χ2n) is 5.33. The molecule has 23 heavy (non-hydrogen) atoms. The molecule has 2 N–H and O–H groups in total. The fourth-order valence-corrected chi connectivity index (χ4v) is 4.66. The number of allylic oxidation sites excluding steroid dienone is 1. The lowest BCUT2D eigenvalue weighted by atomic mass is 10.0. The maximum Gasteiger partial charge on any atom is 0.311 e. The summed E-state index contributed by atoms with van der Waals surface area (Å²) in [4.78, 5) is 22.1. The van der Waals surface area contributed by atoms with Crippen molar-refractivity contribution in [3.63, 3.8) is 0 Å². The molecule has 0 saturated carbocycles. The summed E-state index contributed by atoms with van der Waals surface area (Å²) in [6.45, 7) is 3.65. The Bertz CT molecular complexity index is 712. The molecule has 0 fully saturated rings. The predicted octanol–water partition coefficient (Wildman–Crippen LogP) is 4.05. The molecular formula is C18H19O4P. The van der Waals surface area contributed by atoms with E-state index in [4.69, 9.17) is 0 Å². The first-order chi connectivity index (χ1) is 11.0. The molecule has 0 heterocycles. The van der Waals surface area contributed by atoms with Gasteiger partial charge >= 0.3 is 5.97 Å². The molecule has 120 valence electrons.